The van der Waals surface area contributed by atoms with Crippen LogP contribution in [0.2, 0.25) is 0 Å². The smallest absolute Gasteiger partial charge is 0.319 e. The van der Waals surface area contributed by atoms with Gasteiger partial charge in [0.15, 0.2) is 0 Å². The monoisotopic (exact) mass is 244 g/mol. The van der Waals surface area contributed by atoms with E-state index >= 15 is 0 Å². The molecule has 0 aromatic carbocycles. The lowest BCUT2D eigenvalue weighted by Crippen LogP contribution is -2.23. The molecule has 0 amide bonds. The summed E-state index contributed by atoms with van der Waals surface area (Å²) in [6.45, 7) is 1.19. The predicted molar refractivity (Wildman–Crippen MR) is 54.7 cm³/mol. The number of hydrogen-bond acceptors (Lipinski definition) is 6. The zero-order chi connectivity index (χ0) is 12.1. The zero-order valence-electron chi connectivity index (χ0n) is 9.55. The first-order chi connectivity index (χ1) is 8.24. The van der Waals surface area contributed by atoms with Gasteiger partial charge in [0.25, 0.3) is 0 Å². The van der Waals surface area contributed by atoms with Gasteiger partial charge < -0.3 is 18.9 Å². The molecule has 2 fully saturated rings. The third kappa shape index (κ3) is 3.98. The van der Waals surface area contributed by atoms with Crippen LogP contribution in [-0.2, 0) is 28.5 Å². The lowest BCUT2D eigenvalue weighted by molar-refractivity contribution is -0.181. The molecule has 0 bridgehead atoms. The minimum absolute atomic E-state index is 0.389. The number of rotatable bonds is 4. The normalized spacial score (nSPS) is 28.0. The van der Waals surface area contributed by atoms with Gasteiger partial charge in [-0.05, 0) is 12.8 Å². The summed E-state index contributed by atoms with van der Waals surface area (Å²) >= 11 is 0. The molecule has 17 heavy (non-hydrogen) atoms. The highest BCUT2D eigenvalue weighted by Crippen LogP contribution is 2.16. The lowest BCUT2D eigenvalue weighted by atomic mass is 10.3. The molecular formula is C11H16O6. The Labute approximate surface area is 99.2 Å². The van der Waals surface area contributed by atoms with Crippen molar-refractivity contribution in [1.29, 1.82) is 0 Å². The van der Waals surface area contributed by atoms with Crippen molar-refractivity contribution in [2.45, 2.75) is 44.7 Å². The highest BCUT2D eigenvalue weighted by molar-refractivity contribution is 5.91. The molecule has 0 aromatic rings. The van der Waals surface area contributed by atoms with Crippen LogP contribution in [0.25, 0.3) is 0 Å². The zero-order valence-corrected chi connectivity index (χ0v) is 9.55. The molecule has 2 aliphatic heterocycles. The third-order valence-electron chi connectivity index (χ3n) is 2.59. The molecular weight excluding hydrogens is 228 g/mol. The molecule has 0 aromatic heterocycles. The summed E-state index contributed by atoms with van der Waals surface area (Å²) in [5.74, 6) is -1.22. The van der Waals surface area contributed by atoms with Gasteiger partial charge in [-0.25, -0.2) is 0 Å². The van der Waals surface area contributed by atoms with Crippen molar-refractivity contribution >= 4 is 11.9 Å². The first-order valence-corrected chi connectivity index (χ1v) is 5.86. The highest BCUT2D eigenvalue weighted by Gasteiger charge is 2.24. The van der Waals surface area contributed by atoms with E-state index in [0.29, 0.717) is 26.1 Å². The second-order valence-electron chi connectivity index (χ2n) is 4.04. The van der Waals surface area contributed by atoms with Crippen molar-refractivity contribution in [2.24, 2.45) is 0 Å². The Hall–Kier alpha value is -1.14. The van der Waals surface area contributed by atoms with Crippen LogP contribution in [0.15, 0.2) is 0 Å². The topological polar surface area (TPSA) is 71.1 Å². The SMILES string of the molecule is O=C(CC(=O)OC1CCCO1)OC1CCCO1. The lowest BCUT2D eigenvalue weighted by Gasteiger charge is -2.12. The van der Waals surface area contributed by atoms with E-state index < -0.39 is 24.5 Å². The molecule has 2 rings (SSSR count). The number of esters is 2. The largest absolute Gasteiger partial charge is 0.435 e. The van der Waals surface area contributed by atoms with Crippen LogP contribution in [-0.4, -0.2) is 37.7 Å². The molecule has 6 nitrogen and oxygen atoms in total. The first kappa shape index (κ1) is 12.3. The Bertz CT molecular complexity index is 250. The van der Waals surface area contributed by atoms with Crippen molar-refractivity contribution in [3.8, 4) is 0 Å². The fourth-order valence-electron chi connectivity index (χ4n) is 1.78. The molecule has 0 saturated carbocycles. The molecule has 6 heteroatoms. The van der Waals surface area contributed by atoms with Crippen LogP contribution in [0.5, 0.6) is 0 Å². The highest BCUT2D eigenvalue weighted by atomic mass is 16.7. The molecule has 2 unspecified atom stereocenters. The summed E-state index contributed by atoms with van der Waals surface area (Å²) in [7, 11) is 0. The molecule has 0 radical (unpaired) electrons. The maximum atomic E-state index is 11.3. The molecule has 2 aliphatic rings. The maximum Gasteiger partial charge on any atom is 0.319 e. The van der Waals surface area contributed by atoms with Crippen LogP contribution < -0.4 is 0 Å². The van der Waals surface area contributed by atoms with E-state index in [2.05, 4.69) is 0 Å². The van der Waals surface area contributed by atoms with Gasteiger partial charge in [-0.2, -0.15) is 0 Å². The van der Waals surface area contributed by atoms with Crippen LogP contribution in [0.3, 0.4) is 0 Å². The van der Waals surface area contributed by atoms with Crippen LogP contribution in [0, 0.1) is 0 Å². The van der Waals surface area contributed by atoms with Crippen molar-refractivity contribution in [2.75, 3.05) is 13.2 Å². The third-order valence-corrected chi connectivity index (χ3v) is 2.59. The summed E-state index contributed by atoms with van der Waals surface area (Å²) < 4.78 is 20.1. The molecule has 2 saturated heterocycles. The predicted octanol–water partition coefficient (Wildman–Crippen LogP) is 0.736. The van der Waals surface area contributed by atoms with Crippen molar-refractivity contribution in [1.82, 2.24) is 0 Å². The average Bonchev–Trinajstić information content (AvgIpc) is 2.90. The van der Waals surface area contributed by atoms with Crippen LogP contribution in [0.1, 0.15) is 32.1 Å². The Balaban J connectivity index is 1.64. The fraction of sp³-hybridized carbons (Fsp3) is 0.818. The first-order valence-electron chi connectivity index (χ1n) is 5.86. The van der Waals surface area contributed by atoms with Gasteiger partial charge in [0, 0.05) is 12.8 Å². The molecule has 96 valence electrons. The Morgan fingerprint density at radius 3 is 1.76 bits per heavy atom. The second-order valence-corrected chi connectivity index (χ2v) is 4.04. The molecule has 2 atom stereocenters. The Morgan fingerprint density at radius 1 is 0.941 bits per heavy atom. The minimum atomic E-state index is -0.611. The van der Waals surface area contributed by atoms with Crippen molar-refractivity contribution < 1.29 is 28.5 Å². The van der Waals surface area contributed by atoms with Gasteiger partial charge in [-0.1, -0.05) is 0 Å². The standard InChI is InChI=1S/C11H16O6/c12-8(16-10-3-1-5-14-10)7-9(13)17-11-4-2-6-15-11/h10-11H,1-7H2. The van der Waals surface area contributed by atoms with Gasteiger partial charge in [0.05, 0.1) is 13.2 Å². The number of hydrogen-bond donors (Lipinski definition) is 0. The van der Waals surface area contributed by atoms with Gasteiger partial charge in [-0.15, -0.1) is 0 Å². The van der Waals surface area contributed by atoms with E-state index in [9.17, 15) is 9.59 Å². The fourth-order valence-corrected chi connectivity index (χ4v) is 1.78. The van der Waals surface area contributed by atoms with Crippen molar-refractivity contribution in [3.63, 3.8) is 0 Å². The van der Waals surface area contributed by atoms with E-state index in [0.717, 1.165) is 12.8 Å². The number of carbonyl (C=O) groups is 2. The Kier molecular flexibility index (Phi) is 4.33. The average molecular weight is 244 g/mol. The molecule has 2 heterocycles. The summed E-state index contributed by atoms with van der Waals surface area (Å²) in [6, 6.07) is 0. The Morgan fingerprint density at radius 2 is 1.41 bits per heavy atom. The van der Waals surface area contributed by atoms with E-state index in [-0.39, 0.29) is 6.42 Å². The summed E-state index contributed by atoms with van der Waals surface area (Å²) in [5.41, 5.74) is 0. The van der Waals surface area contributed by atoms with E-state index in [1.165, 1.54) is 0 Å². The number of ether oxygens (including phenoxy) is 4. The molecule has 0 spiro atoms. The van der Waals surface area contributed by atoms with E-state index in [1.54, 1.807) is 0 Å². The van der Waals surface area contributed by atoms with Gasteiger partial charge in [0.2, 0.25) is 12.6 Å². The summed E-state index contributed by atoms with van der Waals surface area (Å²) in [6.07, 6.45) is 1.73. The van der Waals surface area contributed by atoms with E-state index in [4.69, 9.17) is 18.9 Å². The van der Waals surface area contributed by atoms with Crippen molar-refractivity contribution in [3.05, 3.63) is 0 Å². The quantitative estimate of drug-likeness (QED) is 0.536. The van der Waals surface area contributed by atoms with Gasteiger partial charge >= 0.3 is 11.9 Å². The molecule has 0 aliphatic carbocycles. The molecule has 0 N–H and O–H groups in total. The van der Waals surface area contributed by atoms with E-state index in [1.807, 2.05) is 0 Å². The minimum Gasteiger partial charge on any atom is -0.435 e. The van der Waals surface area contributed by atoms with Crippen LogP contribution in [0.4, 0.5) is 0 Å². The van der Waals surface area contributed by atoms with Gasteiger partial charge in [0.1, 0.15) is 6.42 Å². The summed E-state index contributed by atoms with van der Waals surface area (Å²) in [4.78, 5) is 22.7. The second kappa shape index (κ2) is 5.97. The maximum absolute atomic E-state index is 11.3. The summed E-state index contributed by atoms with van der Waals surface area (Å²) in [5, 5.41) is 0. The van der Waals surface area contributed by atoms with Gasteiger partial charge in [-0.3, -0.25) is 9.59 Å². The number of carbonyl (C=O) groups excluding carboxylic acids is 2. The van der Waals surface area contributed by atoms with Crippen LogP contribution >= 0.6 is 0 Å².